The smallest absolute Gasteiger partial charge is 0.205 e. The largest absolute Gasteiger partial charge is 0.493 e. The van der Waals surface area contributed by atoms with Crippen molar-refractivity contribution in [2.45, 2.75) is 6.54 Å². The lowest BCUT2D eigenvalue weighted by Crippen LogP contribution is -1.98. The van der Waals surface area contributed by atoms with Crippen LogP contribution in [0.5, 0.6) is 17.2 Å². The lowest BCUT2D eigenvalue weighted by molar-refractivity contribution is 0.327. The van der Waals surface area contributed by atoms with Gasteiger partial charge in [-0.1, -0.05) is 41.7 Å². The summed E-state index contributed by atoms with van der Waals surface area (Å²) in [4.78, 5) is 4.63. The molecule has 0 saturated heterocycles. The number of ether oxygens (including phenoxy) is 3. The molecule has 2 aromatic carbocycles. The van der Waals surface area contributed by atoms with Gasteiger partial charge in [0.05, 0.1) is 26.0 Å². The highest BCUT2D eigenvalue weighted by atomic mass is 32.1. The topological polar surface area (TPSA) is 52.6 Å². The van der Waals surface area contributed by atoms with Crippen LogP contribution in [0.25, 0.3) is 10.2 Å². The van der Waals surface area contributed by atoms with Crippen molar-refractivity contribution < 1.29 is 14.2 Å². The van der Waals surface area contributed by atoms with Crippen LogP contribution in [0.1, 0.15) is 5.56 Å². The van der Waals surface area contributed by atoms with Crippen LogP contribution in [-0.2, 0) is 6.54 Å². The molecule has 1 N–H and O–H groups in total. The average molecular weight is 330 g/mol. The Bertz CT molecular complexity index is 802. The first-order valence-electron chi connectivity index (χ1n) is 7.14. The molecule has 3 aromatic rings. The summed E-state index contributed by atoms with van der Waals surface area (Å²) in [6.45, 7) is 0.719. The molecule has 23 heavy (non-hydrogen) atoms. The van der Waals surface area contributed by atoms with Gasteiger partial charge in [-0.2, -0.15) is 0 Å². The molecule has 0 spiro atoms. The highest BCUT2D eigenvalue weighted by Gasteiger charge is 2.19. The number of hydrogen-bond donors (Lipinski definition) is 1. The fourth-order valence-corrected chi connectivity index (χ4v) is 3.27. The van der Waals surface area contributed by atoms with Gasteiger partial charge in [0.25, 0.3) is 0 Å². The van der Waals surface area contributed by atoms with Crippen LogP contribution in [0.3, 0.4) is 0 Å². The van der Waals surface area contributed by atoms with Crippen LogP contribution in [-0.4, -0.2) is 26.3 Å². The van der Waals surface area contributed by atoms with Gasteiger partial charge in [-0.15, -0.1) is 0 Å². The quantitative estimate of drug-likeness (QED) is 0.742. The molecule has 0 amide bonds. The Hall–Kier alpha value is -2.47. The van der Waals surface area contributed by atoms with Crippen molar-refractivity contribution in [3.63, 3.8) is 0 Å². The minimum atomic E-state index is 0.558. The Kier molecular flexibility index (Phi) is 4.52. The lowest BCUT2D eigenvalue weighted by Gasteiger charge is -2.11. The van der Waals surface area contributed by atoms with Gasteiger partial charge in [-0.3, -0.25) is 0 Å². The second kappa shape index (κ2) is 6.75. The third kappa shape index (κ3) is 3.03. The first kappa shape index (κ1) is 15.4. The number of nitrogens with zero attached hydrogens (tertiary/aromatic N) is 1. The molecule has 5 nitrogen and oxygen atoms in total. The number of aromatic nitrogens is 1. The van der Waals surface area contributed by atoms with Gasteiger partial charge < -0.3 is 19.5 Å². The standard InChI is InChI=1S/C17H18N2O3S/c1-20-12-9-13-14(16(22-3)15(12)21-2)19-17(23-13)18-10-11-7-5-4-6-8-11/h4-9H,10H2,1-3H3,(H,18,19). The van der Waals surface area contributed by atoms with Crippen molar-refractivity contribution in [1.29, 1.82) is 0 Å². The molecule has 0 bridgehead atoms. The van der Waals surface area contributed by atoms with E-state index in [9.17, 15) is 0 Å². The second-order valence-corrected chi connectivity index (χ2v) is 5.88. The van der Waals surface area contributed by atoms with E-state index in [1.54, 1.807) is 32.7 Å². The van der Waals surface area contributed by atoms with E-state index in [2.05, 4.69) is 22.4 Å². The van der Waals surface area contributed by atoms with Crippen LogP contribution < -0.4 is 19.5 Å². The summed E-state index contributed by atoms with van der Waals surface area (Å²) < 4.78 is 17.2. The number of methoxy groups -OCH3 is 3. The van der Waals surface area contributed by atoms with E-state index in [1.807, 2.05) is 24.3 Å². The number of fused-ring (bicyclic) bond motifs is 1. The highest BCUT2D eigenvalue weighted by molar-refractivity contribution is 7.22. The van der Waals surface area contributed by atoms with Gasteiger partial charge >= 0.3 is 0 Å². The normalized spacial score (nSPS) is 10.6. The van der Waals surface area contributed by atoms with Crippen molar-refractivity contribution >= 4 is 26.7 Å². The minimum absolute atomic E-state index is 0.558. The maximum atomic E-state index is 5.48. The molecular formula is C17H18N2O3S. The van der Waals surface area contributed by atoms with Crippen LogP contribution in [0.15, 0.2) is 36.4 Å². The third-order valence-corrected chi connectivity index (χ3v) is 4.44. The molecule has 3 rings (SSSR count). The van der Waals surface area contributed by atoms with Gasteiger partial charge in [0, 0.05) is 12.6 Å². The Morgan fingerprint density at radius 1 is 1.00 bits per heavy atom. The highest BCUT2D eigenvalue weighted by Crippen LogP contribution is 2.45. The van der Waals surface area contributed by atoms with E-state index in [4.69, 9.17) is 14.2 Å². The van der Waals surface area contributed by atoms with Crippen molar-refractivity contribution in [1.82, 2.24) is 4.98 Å². The Morgan fingerprint density at radius 2 is 1.74 bits per heavy atom. The average Bonchev–Trinajstić information content (AvgIpc) is 3.01. The SMILES string of the molecule is COc1cc2sc(NCc3ccccc3)nc2c(OC)c1OC. The molecule has 0 atom stereocenters. The van der Waals surface area contributed by atoms with Gasteiger partial charge in [-0.05, 0) is 5.56 Å². The maximum Gasteiger partial charge on any atom is 0.205 e. The molecule has 0 fully saturated rings. The predicted octanol–water partition coefficient (Wildman–Crippen LogP) is 3.93. The van der Waals surface area contributed by atoms with Crippen LogP contribution in [0.4, 0.5) is 5.13 Å². The Morgan fingerprint density at radius 3 is 2.39 bits per heavy atom. The monoisotopic (exact) mass is 330 g/mol. The number of benzene rings is 2. The van der Waals surface area contributed by atoms with Crippen LogP contribution >= 0.6 is 11.3 Å². The molecule has 1 heterocycles. The zero-order chi connectivity index (χ0) is 16.2. The zero-order valence-electron chi connectivity index (χ0n) is 13.3. The van der Waals surface area contributed by atoms with Gasteiger partial charge in [-0.25, -0.2) is 4.98 Å². The number of thiazole rings is 1. The number of rotatable bonds is 6. The third-order valence-electron chi connectivity index (χ3n) is 3.48. The lowest BCUT2D eigenvalue weighted by atomic mass is 10.2. The van der Waals surface area contributed by atoms with E-state index in [-0.39, 0.29) is 0 Å². The van der Waals surface area contributed by atoms with Gasteiger partial charge in [0.1, 0.15) is 5.52 Å². The van der Waals surface area contributed by atoms with E-state index < -0.39 is 0 Å². The fraction of sp³-hybridized carbons (Fsp3) is 0.235. The number of anilines is 1. The summed E-state index contributed by atoms with van der Waals surface area (Å²) in [6, 6.07) is 12.1. The molecule has 120 valence electrons. The van der Waals surface area contributed by atoms with E-state index in [1.165, 1.54) is 5.56 Å². The molecule has 1 aromatic heterocycles. The molecule has 0 saturated carbocycles. The first-order chi connectivity index (χ1) is 11.3. The van der Waals surface area contributed by atoms with E-state index >= 15 is 0 Å². The van der Waals surface area contributed by atoms with Crippen LogP contribution in [0.2, 0.25) is 0 Å². The summed E-state index contributed by atoms with van der Waals surface area (Å²) >= 11 is 1.56. The molecule has 0 aliphatic heterocycles. The maximum absolute atomic E-state index is 5.48. The minimum Gasteiger partial charge on any atom is -0.493 e. The van der Waals surface area contributed by atoms with Crippen molar-refractivity contribution in [3.8, 4) is 17.2 Å². The van der Waals surface area contributed by atoms with Gasteiger partial charge in [0.2, 0.25) is 5.75 Å². The zero-order valence-corrected chi connectivity index (χ0v) is 14.1. The van der Waals surface area contributed by atoms with E-state index in [0.29, 0.717) is 17.2 Å². The van der Waals surface area contributed by atoms with Crippen molar-refractivity contribution in [3.05, 3.63) is 42.0 Å². The predicted molar refractivity (Wildman–Crippen MR) is 93.0 cm³/mol. The Balaban J connectivity index is 1.94. The summed E-state index contributed by atoms with van der Waals surface area (Å²) in [6.07, 6.45) is 0. The molecule has 0 radical (unpaired) electrons. The molecule has 0 unspecified atom stereocenters. The summed E-state index contributed by atoms with van der Waals surface area (Å²) in [5.41, 5.74) is 1.97. The summed E-state index contributed by atoms with van der Waals surface area (Å²) in [5, 5.41) is 4.18. The molecular weight excluding hydrogens is 312 g/mol. The van der Waals surface area contributed by atoms with Crippen molar-refractivity contribution in [2.75, 3.05) is 26.6 Å². The first-order valence-corrected chi connectivity index (χ1v) is 7.95. The number of hydrogen-bond acceptors (Lipinski definition) is 6. The second-order valence-electron chi connectivity index (χ2n) is 4.85. The van der Waals surface area contributed by atoms with Crippen molar-refractivity contribution in [2.24, 2.45) is 0 Å². The van der Waals surface area contributed by atoms with Gasteiger partial charge in [0.15, 0.2) is 16.6 Å². The number of nitrogens with one attached hydrogen (secondary N) is 1. The summed E-state index contributed by atoms with van der Waals surface area (Å²) in [7, 11) is 4.80. The van der Waals surface area contributed by atoms with Crippen LogP contribution in [0, 0.1) is 0 Å². The summed E-state index contributed by atoms with van der Waals surface area (Å²) in [5.74, 6) is 1.78. The molecule has 0 aliphatic carbocycles. The molecule has 0 aliphatic rings. The molecule has 6 heteroatoms. The fourth-order valence-electron chi connectivity index (χ4n) is 2.38. The Labute approximate surface area is 138 Å². The van der Waals surface area contributed by atoms with E-state index in [0.717, 1.165) is 21.9 Å².